The topological polar surface area (TPSA) is 57.4 Å². The van der Waals surface area contributed by atoms with E-state index in [1.165, 1.54) is 16.5 Å². The molecule has 0 saturated carbocycles. The number of carbonyl (C=O) groups excluding carboxylic acids is 1. The third-order valence-electron chi connectivity index (χ3n) is 5.84. The lowest BCUT2D eigenvalue weighted by Gasteiger charge is -2.20. The molecule has 4 rings (SSSR count). The monoisotopic (exact) mass is 427 g/mol. The number of aromatic nitrogens is 1. The zero-order chi connectivity index (χ0) is 22.5. The van der Waals surface area contributed by atoms with E-state index in [1.54, 1.807) is 7.11 Å². The van der Waals surface area contributed by atoms with E-state index in [1.807, 2.05) is 50.5 Å². The van der Waals surface area contributed by atoms with E-state index in [9.17, 15) is 4.79 Å². The van der Waals surface area contributed by atoms with E-state index in [4.69, 9.17) is 4.74 Å². The summed E-state index contributed by atoms with van der Waals surface area (Å²) >= 11 is 0. The number of anilines is 1. The zero-order valence-corrected chi connectivity index (χ0v) is 18.8. The molecular formula is C27H29N3O2. The molecule has 164 valence electrons. The number of carbonyl (C=O) groups is 1. The van der Waals surface area contributed by atoms with Gasteiger partial charge in [0.15, 0.2) is 0 Å². The largest absolute Gasteiger partial charge is 0.497 e. The number of fused-ring (bicyclic) bond motifs is 1. The summed E-state index contributed by atoms with van der Waals surface area (Å²) in [6.45, 7) is 0.526. The van der Waals surface area contributed by atoms with Crippen molar-refractivity contribution in [2.75, 3.05) is 32.6 Å². The molecule has 0 bridgehead atoms. The first-order valence-corrected chi connectivity index (χ1v) is 10.8. The zero-order valence-electron chi connectivity index (χ0n) is 18.8. The molecular weight excluding hydrogens is 398 g/mol. The van der Waals surface area contributed by atoms with Crippen molar-refractivity contribution in [3.05, 3.63) is 95.7 Å². The van der Waals surface area contributed by atoms with Gasteiger partial charge in [0.05, 0.1) is 13.5 Å². The van der Waals surface area contributed by atoms with Crippen molar-refractivity contribution in [3.63, 3.8) is 0 Å². The summed E-state index contributed by atoms with van der Waals surface area (Å²) in [7, 11) is 5.70. The number of nitrogens with zero attached hydrogens (tertiary/aromatic N) is 1. The molecule has 1 heterocycles. The minimum Gasteiger partial charge on any atom is -0.497 e. The van der Waals surface area contributed by atoms with Gasteiger partial charge in [-0.3, -0.25) is 4.79 Å². The Labute approximate surface area is 189 Å². The highest BCUT2D eigenvalue weighted by Crippen LogP contribution is 2.31. The molecule has 0 fully saturated rings. The van der Waals surface area contributed by atoms with Crippen LogP contribution in [0, 0.1) is 0 Å². The van der Waals surface area contributed by atoms with Crippen LogP contribution in [0.4, 0.5) is 5.69 Å². The highest BCUT2D eigenvalue weighted by atomic mass is 16.5. The van der Waals surface area contributed by atoms with Crippen LogP contribution < -0.4 is 15.0 Å². The number of hydrogen-bond acceptors (Lipinski definition) is 3. The van der Waals surface area contributed by atoms with Gasteiger partial charge in [-0.15, -0.1) is 0 Å². The third kappa shape index (κ3) is 4.78. The van der Waals surface area contributed by atoms with Crippen molar-refractivity contribution in [1.29, 1.82) is 0 Å². The molecule has 3 aromatic carbocycles. The van der Waals surface area contributed by atoms with Crippen molar-refractivity contribution in [1.82, 2.24) is 10.3 Å². The Morgan fingerprint density at radius 3 is 2.41 bits per heavy atom. The van der Waals surface area contributed by atoms with Crippen LogP contribution in [0.25, 0.3) is 10.9 Å². The molecule has 5 heteroatoms. The van der Waals surface area contributed by atoms with Crippen molar-refractivity contribution in [2.45, 2.75) is 12.3 Å². The number of H-pyrrole nitrogens is 1. The van der Waals surface area contributed by atoms with E-state index < -0.39 is 0 Å². The number of methoxy groups -OCH3 is 1. The molecule has 0 unspecified atom stereocenters. The molecule has 0 aliphatic heterocycles. The highest BCUT2D eigenvalue weighted by Gasteiger charge is 2.19. The first-order chi connectivity index (χ1) is 15.5. The van der Waals surface area contributed by atoms with Crippen molar-refractivity contribution < 1.29 is 9.53 Å². The summed E-state index contributed by atoms with van der Waals surface area (Å²) in [6, 6.07) is 24.4. The summed E-state index contributed by atoms with van der Waals surface area (Å²) in [6.07, 6.45) is 2.40. The lowest BCUT2D eigenvalue weighted by Crippen LogP contribution is -2.30. The summed E-state index contributed by atoms with van der Waals surface area (Å²) in [5, 5.41) is 4.33. The minimum atomic E-state index is 0.00456. The predicted octanol–water partition coefficient (Wildman–Crippen LogP) is 4.73. The van der Waals surface area contributed by atoms with Crippen molar-refractivity contribution >= 4 is 22.5 Å². The molecule has 0 radical (unpaired) electrons. The predicted molar refractivity (Wildman–Crippen MR) is 131 cm³/mol. The van der Waals surface area contributed by atoms with Crippen LogP contribution in [0.1, 0.15) is 22.6 Å². The standard InChI is InChI=1S/C27H29N3O2/c1-30(2)21-12-10-20(11-13-21)24(25-18-28-26-7-5-4-6-23(25)26)17-29-27(31)16-19-8-14-22(32-3)15-9-19/h4-15,18,24,28H,16-17H2,1-3H3,(H,29,31)/t24-/m1/s1. The number of aromatic amines is 1. The van der Waals surface area contributed by atoms with Gasteiger partial charge in [0.1, 0.15) is 5.75 Å². The number of amides is 1. The number of rotatable bonds is 8. The molecule has 5 nitrogen and oxygen atoms in total. The Balaban J connectivity index is 1.55. The molecule has 32 heavy (non-hydrogen) atoms. The van der Waals surface area contributed by atoms with Gasteiger partial charge in [0.2, 0.25) is 5.91 Å². The van der Waals surface area contributed by atoms with Crippen LogP contribution in [-0.2, 0) is 11.2 Å². The van der Waals surface area contributed by atoms with Gasteiger partial charge in [0, 0.05) is 49.3 Å². The lowest BCUT2D eigenvalue weighted by atomic mass is 9.90. The van der Waals surface area contributed by atoms with Gasteiger partial charge in [-0.2, -0.15) is 0 Å². The van der Waals surface area contributed by atoms with E-state index in [2.05, 4.69) is 57.8 Å². The van der Waals surface area contributed by atoms with Gasteiger partial charge >= 0.3 is 0 Å². The molecule has 0 aliphatic carbocycles. The van der Waals surface area contributed by atoms with E-state index in [-0.39, 0.29) is 11.8 Å². The first-order valence-electron chi connectivity index (χ1n) is 10.8. The number of ether oxygens (including phenoxy) is 1. The number of para-hydroxylation sites is 1. The Hall–Kier alpha value is -3.73. The maximum absolute atomic E-state index is 12.7. The fourth-order valence-electron chi connectivity index (χ4n) is 4.00. The second-order valence-electron chi connectivity index (χ2n) is 8.16. The lowest BCUT2D eigenvalue weighted by molar-refractivity contribution is -0.120. The van der Waals surface area contributed by atoms with Crippen LogP contribution in [0.2, 0.25) is 0 Å². The molecule has 0 spiro atoms. The Bertz CT molecular complexity index is 1180. The van der Waals surface area contributed by atoms with Crippen molar-refractivity contribution in [3.8, 4) is 5.75 Å². The molecule has 4 aromatic rings. The minimum absolute atomic E-state index is 0.00456. The van der Waals surface area contributed by atoms with Crippen LogP contribution >= 0.6 is 0 Å². The normalized spacial score (nSPS) is 11.8. The number of hydrogen-bond donors (Lipinski definition) is 2. The van der Waals surface area contributed by atoms with Gasteiger partial charge in [-0.25, -0.2) is 0 Å². The quantitative estimate of drug-likeness (QED) is 0.427. The third-order valence-corrected chi connectivity index (χ3v) is 5.84. The van der Waals surface area contributed by atoms with Gasteiger partial charge in [0.25, 0.3) is 0 Å². The number of benzene rings is 3. The maximum atomic E-state index is 12.7. The van der Waals surface area contributed by atoms with Gasteiger partial charge in [-0.1, -0.05) is 42.5 Å². The first kappa shape index (κ1) is 21.5. The molecule has 1 atom stereocenters. The molecule has 0 saturated heterocycles. The molecule has 2 N–H and O–H groups in total. The van der Waals surface area contributed by atoms with Gasteiger partial charge < -0.3 is 19.9 Å². The smallest absolute Gasteiger partial charge is 0.224 e. The van der Waals surface area contributed by atoms with Crippen molar-refractivity contribution in [2.24, 2.45) is 0 Å². The molecule has 1 amide bonds. The summed E-state index contributed by atoms with van der Waals surface area (Å²) in [4.78, 5) is 18.2. The summed E-state index contributed by atoms with van der Waals surface area (Å²) < 4.78 is 5.20. The fourth-order valence-corrected chi connectivity index (χ4v) is 4.00. The Kier molecular flexibility index (Phi) is 6.45. The van der Waals surface area contributed by atoms with E-state index >= 15 is 0 Å². The SMILES string of the molecule is COc1ccc(CC(=O)NC[C@H](c2ccc(N(C)C)cc2)c2c[nH]c3ccccc23)cc1. The van der Waals surface area contributed by atoms with Crippen LogP contribution in [-0.4, -0.2) is 38.6 Å². The van der Waals surface area contributed by atoms with Crippen LogP contribution in [0.3, 0.4) is 0 Å². The summed E-state index contributed by atoms with van der Waals surface area (Å²) in [5.74, 6) is 0.835. The number of nitrogens with one attached hydrogen (secondary N) is 2. The maximum Gasteiger partial charge on any atom is 0.224 e. The van der Waals surface area contributed by atoms with E-state index in [0.717, 1.165) is 22.5 Å². The molecule has 0 aliphatic rings. The second kappa shape index (κ2) is 9.60. The van der Waals surface area contributed by atoms with Crippen LogP contribution in [0.5, 0.6) is 5.75 Å². The highest BCUT2D eigenvalue weighted by molar-refractivity contribution is 5.84. The Morgan fingerprint density at radius 2 is 1.72 bits per heavy atom. The summed E-state index contributed by atoms with van der Waals surface area (Å²) in [5.41, 5.74) is 5.56. The molecule has 1 aromatic heterocycles. The van der Waals surface area contributed by atoms with Crippen LogP contribution in [0.15, 0.2) is 79.0 Å². The second-order valence-corrected chi connectivity index (χ2v) is 8.16. The Morgan fingerprint density at radius 1 is 1.00 bits per heavy atom. The average molecular weight is 428 g/mol. The van der Waals surface area contributed by atoms with Gasteiger partial charge in [-0.05, 0) is 47.0 Å². The fraction of sp³-hybridized carbons (Fsp3) is 0.222. The average Bonchev–Trinajstić information content (AvgIpc) is 3.24. The van der Waals surface area contributed by atoms with E-state index in [0.29, 0.717) is 13.0 Å².